The Labute approximate surface area is 209 Å². The van der Waals surface area contributed by atoms with Crippen molar-refractivity contribution in [3.63, 3.8) is 0 Å². The van der Waals surface area contributed by atoms with Crippen LogP contribution in [-0.2, 0) is 16.0 Å². The smallest absolute Gasteiger partial charge is 0.295 e. The normalized spacial score (nSPS) is 17.4. The summed E-state index contributed by atoms with van der Waals surface area (Å²) in [5.74, 6) is -0.313. The lowest BCUT2D eigenvalue weighted by molar-refractivity contribution is -0.140. The van der Waals surface area contributed by atoms with E-state index < -0.39 is 17.7 Å². The number of nitrogens with zero attached hydrogens (tertiary/aromatic N) is 1. The number of aromatic nitrogens is 1. The first-order valence-corrected chi connectivity index (χ1v) is 12.0. The maximum atomic E-state index is 13.2. The number of aromatic amines is 1. The van der Waals surface area contributed by atoms with Crippen LogP contribution < -0.4 is 4.74 Å². The number of hydrogen-bond acceptors (Lipinski definition) is 5. The number of Topliss-reactive ketones (excluding diaryl/α,β-unsaturated/α-hetero) is 1. The fraction of sp³-hybridized carbons (Fsp3) is 0.241. The second-order valence-corrected chi connectivity index (χ2v) is 9.35. The monoisotopic (exact) mass is 484 g/mol. The largest absolute Gasteiger partial charge is 0.507 e. The number of aliphatic hydroxyl groups is 1. The van der Waals surface area contributed by atoms with Gasteiger partial charge in [0, 0.05) is 29.2 Å². The quantitative estimate of drug-likeness (QED) is 0.197. The van der Waals surface area contributed by atoms with Crippen LogP contribution in [0, 0.1) is 5.92 Å². The molecule has 2 aromatic heterocycles. The van der Waals surface area contributed by atoms with Crippen molar-refractivity contribution >= 4 is 28.4 Å². The molecule has 3 heterocycles. The summed E-state index contributed by atoms with van der Waals surface area (Å²) in [5.41, 5.74) is 2.47. The van der Waals surface area contributed by atoms with E-state index in [1.807, 2.05) is 44.3 Å². The predicted molar refractivity (Wildman–Crippen MR) is 136 cm³/mol. The molecule has 1 unspecified atom stereocenters. The SMILES string of the molecule is CC(C)COc1cccc(/C(O)=C2/C(=O)C(=O)N(CCc3c[nH]c4ccccc34)C2c2ccco2)c1. The van der Waals surface area contributed by atoms with Gasteiger partial charge in [-0.15, -0.1) is 0 Å². The molecular formula is C29H28N2O5. The Kier molecular flexibility index (Phi) is 6.38. The molecule has 2 N–H and O–H groups in total. The molecule has 36 heavy (non-hydrogen) atoms. The number of ether oxygens (including phenoxy) is 1. The average molecular weight is 485 g/mol. The zero-order valence-electron chi connectivity index (χ0n) is 20.2. The van der Waals surface area contributed by atoms with Crippen LogP contribution in [0.4, 0.5) is 0 Å². The molecule has 0 radical (unpaired) electrons. The van der Waals surface area contributed by atoms with Gasteiger partial charge in [-0.3, -0.25) is 9.59 Å². The predicted octanol–water partition coefficient (Wildman–Crippen LogP) is 5.46. The Hall–Kier alpha value is -4.26. The molecule has 1 atom stereocenters. The minimum Gasteiger partial charge on any atom is -0.507 e. The number of amides is 1. The number of rotatable bonds is 8. The Morgan fingerprint density at radius 1 is 1.11 bits per heavy atom. The molecule has 184 valence electrons. The van der Waals surface area contributed by atoms with E-state index in [4.69, 9.17) is 9.15 Å². The van der Waals surface area contributed by atoms with Gasteiger partial charge in [-0.05, 0) is 48.2 Å². The fourth-order valence-corrected chi connectivity index (χ4v) is 4.58. The fourth-order valence-electron chi connectivity index (χ4n) is 4.58. The third kappa shape index (κ3) is 4.40. The van der Waals surface area contributed by atoms with Gasteiger partial charge in [0.05, 0.1) is 18.4 Å². The number of furan rings is 1. The Morgan fingerprint density at radius 3 is 2.72 bits per heavy atom. The van der Waals surface area contributed by atoms with Gasteiger partial charge in [-0.2, -0.15) is 0 Å². The summed E-state index contributed by atoms with van der Waals surface area (Å²) in [6.45, 7) is 4.90. The molecule has 5 rings (SSSR count). The summed E-state index contributed by atoms with van der Waals surface area (Å²) in [5, 5.41) is 12.3. The zero-order valence-corrected chi connectivity index (χ0v) is 20.2. The van der Waals surface area contributed by atoms with Gasteiger partial charge in [-0.1, -0.05) is 44.2 Å². The maximum Gasteiger partial charge on any atom is 0.295 e. The van der Waals surface area contributed by atoms with Crippen LogP contribution in [0.1, 0.15) is 36.8 Å². The summed E-state index contributed by atoms with van der Waals surface area (Å²) in [6.07, 6.45) is 3.95. The Morgan fingerprint density at radius 2 is 1.94 bits per heavy atom. The van der Waals surface area contributed by atoms with Crippen molar-refractivity contribution in [1.82, 2.24) is 9.88 Å². The van der Waals surface area contributed by atoms with E-state index in [0.717, 1.165) is 16.5 Å². The van der Waals surface area contributed by atoms with Crippen molar-refractivity contribution in [1.29, 1.82) is 0 Å². The van der Waals surface area contributed by atoms with E-state index in [0.29, 0.717) is 36.0 Å². The van der Waals surface area contributed by atoms with Crippen molar-refractivity contribution in [2.75, 3.05) is 13.2 Å². The minimum absolute atomic E-state index is 0.00915. The lowest BCUT2D eigenvalue weighted by Gasteiger charge is -2.23. The molecule has 0 saturated carbocycles. The molecule has 1 aliphatic heterocycles. The number of carbonyl (C=O) groups is 2. The topological polar surface area (TPSA) is 95.8 Å². The average Bonchev–Trinajstić information content (AvgIpc) is 3.61. The highest BCUT2D eigenvalue weighted by molar-refractivity contribution is 6.46. The second kappa shape index (κ2) is 9.77. The van der Waals surface area contributed by atoms with Gasteiger partial charge in [0.25, 0.3) is 11.7 Å². The van der Waals surface area contributed by atoms with Gasteiger partial charge < -0.3 is 24.1 Å². The van der Waals surface area contributed by atoms with Crippen molar-refractivity contribution in [2.45, 2.75) is 26.3 Å². The molecular weight excluding hydrogens is 456 g/mol. The molecule has 2 aromatic carbocycles. The van der Waals surface area contributed by atoms with E-state index in [9.17, 15) is 14.7 Å². The second-order valence-electron chi connectivity index (χ2n) is 9.35. The lowest BCUT2D eigenvalue weighted by Crippen LogP contribution is -2.31. The van der Waals surface area contributed by atoms with E-state index >= 15 is 0 Å². The minimum atomic E-state index is -0.828. The Bertz CT molecular complexity index is 1430. The zero-order chi connectivity index (χ0) is 25.2. The summed E-state index contributed by atoms with van der Waals surface area (Å²) >= 11 is 0. The Balaban J connectivity index is 1.49. The number of aliphatic hydroxyl groups excluding tert-OH is 1. The number of benzene rings is 2. The molecule has 0 aliphatic carbocycles. The number of fused-ring (bicyclic) bond motifs is 1. The van der Waals surface area contributed by atoms with Crippen LogP contribution in [0.15, 0.2) is 83.1 Å². The van der Waals surface area contributed by atoms with Gasteiger partial charge in [0.1, 0.15) is 23.3 Å². The van der Waals surface area contributed by atoms with Crippen LogP contribution in [0.2, 0.25) is 0 Å². The lowest BCUT2D eigenvalue weighted by atomic mass is 9.99. The van der Waals surface area contributed by atoms with Gasteiger partial charge in [-0.25, -0.2) is 0 Å². The number of nitrogens with one attached hydrogen (secondary N) is 1. The summed E-state index contributed by atoms with van der Waals surface area (Å²) < 4.78 is 11.4. The number of ketones is 1. The molecule has 1 fully saturated rings. The molecule has 4 aromatic rings. The van der Waals surface area contributed by atoms with Crippen LogP contribution in [0.25, 0.3) is 16.7 Å². The van der Waals surface area contributed by atoms with E-state index in [-0.39, 0.29) is 17.9 Å². The molecule has 0 bridgehead atoms. The summed E-state index contributed by atoms with van der Waals surface area (Å²) in [7, 11) is 0. The van der Waals surface area contributed by atoms with Crippen LogP contribution in [-0.4, -0.2) is 39.8 Å². The van der Waals surface area contributed by atoms with Crippen LogP contribution in [0.5, 0.6) is 5.75 Å². The van der Waals surface area contributed by atoms with Gasteiger partial charge in [0.2, 0.25) is 0 Å². The van der Waals surface area contributed by atoms with Crippen LogP contribution in [0.3, 0.4) is 0 Å². The van der Waals surface area contributed by atoms with Gasteiger partial charge >= 0.3 is 0 Å². The molecule has 1 aliphatic rings. The standard InChI is InChI=1S/C29H28N2O5/c1-18(2)17-36-21-8-5-7-19(15-21)27(32)25-26(24-11-6-14-35-24)31(29(34)28(25)33)13-12-20-16-30-23-10-4-3-9-22(20)23/h3-11,14-16,18,26,30,32H,12-13,17H2,1-2H3/b27-25-. The maximum absolute atomic E-state index is 13.2. The third-order valence-electron chi connectivity index (χ3n) is 6.34. The number of carbonyl (C=O) groups excluding carboxylic acids is 2. The van der Waals surface area contributed by atoms with Crippen molar-refractivity contribution in [2.24, 2.45) is 5.92 Å². The van der Waals surface area contributed by atoms with Gasteiger partial charge in [0.15, 0.2) is 0 Å². The number of likely N-dealkylation sites (tertiary alicyclic amines) is 1. The molecule has 0 spiro atoms. The first kappa shape index (κ1) is 23.5. The number of H-pyrrole nitrogens is 1. The summed E-state index contributed by atoms with van der Waals surface area (Å²) in [4.78, 5) is 31.1. The number of hydrogen-bond donors (Lipinski definition) is 2. The highest BCUT2D eigenvalue weighted by Crippen LogP contribution is 2.40. The van der Waals surface area contributed by atoms with Crippen molar-refractivity contribution in [3.05, 3.63) is 95.6 Å². The van der Waals surface area contributed by atoms with Crippen molar-refractivity contribution in [3.8, 4) is 5.75 Å². The third-order valence-corrected chi connectivity index (χ3v) is 6.34. The van der Waals surface area contributed by atoms with E-state index in [1.54, 1.807) is 36.4 Å². The summed E-state index contributed by atoms with van der Waals surface area (Å²) in [6, 6.07) is 17.4. The number of para-hydroxylation sites is 1. The highest BCUT2D eigenvalue weighted by Gasteiger charge is 2.47. The van der Waals surface area contributed by atoms with Crippen LogP contribution >= 0.6 is 0 Å². The molecule has 7 nitrogen and oxygen atoms in total. The van der Waals surface area contributed by atoms with Crippen molar-refractivity contribution < 1.29 is 23.8 Å². The van der Waals surface area contributed by atoms with E-state index in [1.165, 1.54) is 11.2 Å². The molecule has 1 amide bonds. The van der Waals surface area contributed by atoms with E-state index in [2.05, 4.69) is 4.98 Å². The first-order valence-electron chi connectivity index (χ1n) is 12.0. The molecule has 7 heteroatoms. The first-order chi connectivity index (χ1) is 17.4. The molecule has 1 saturated heterocycles. The highest BCUT2D eigenvalue weighted by atomic mass is 16.5.